The molecular formula is C26H29NO5. The van der Waals surface area contributed by atoms with Crippen molar-refractivity contribution >= 4 is 28.6 Å². The molecule has 1 fully saturated rings. The fraction of sp³-hybridized carbons (Fsp3) is 0.423. The lowest BCUT2D eigenvalue weighted by Crippen LogP contribution is -2.47. The second-order valence-electron chi connectivity index (χ2n) is 9.00. The van der Waals surface area contributed by atoms with Gasteiger partial charge in [-0.25, -0.2) is 4.79 Å². The van der Waals surface area contributed by atoms with Gasteiger partial charge in [-0.1, -0.05) is 44.2 Å². The lowest BCUT2D eigenvalue weighted by Gasteiger charge is -2.26. The quantitative estimate of drug-likeness (QED) is 0.369. The van der Waals surface area contributed by atoms with Crippen LogP contribution in [0.15, 0.2) is 48.6 Å². The van der Waals surface area contributed by atoms with Gasteiger partial charge in [-0.15, -0.1) is 0 Å². The van der Waals surface area contributed by atoms with E-state index in [1.165, 1.54) is 4.90 Å². The summed E-state index contributed by atoms with van der Waals surface area (Å²) in [7, 11) is 1.63. The summed E-state index contributed by atoms with van der Waals surface area (Å²) >= 11 is 0. The van der Waals surface area contributed by atoms with Gasteiger partial charge in [0.2, 0.25) is 11.8 Å². The molecule has 3 atom stereocenters. The average Bonchev–Trinajstić information content (AvgIpc) is 3.05. The Morgan fingerprint density at radius 1 is 1.00 bits per heavy atom. The molecule has 6 heteroatoms. The van der Waals surface area contributed by atoms with Gasteiger partial charge in [0.05, 0.1) is 18.9 Å². The molecule has 1 aliphatic carbocycles. The summed E-state index contributed by atoms with van der Waals surface area (Å²) in [5, 5.41) is 2.04. The fourth-order valence-corrected chi connectivity index (χ4v) is 4.63. The number of carbonyl (C=O) groups is 3. The first-order valence-electron chi connectivity index (χ1n) is 11.1. The number of ether oxygens (including phenoxy) is 2. The van der Waals surface area contributed by atoms with E-state index in [4.69, 9.17) is 9.47 Å². The molecule has 6 nitrogen and oxygen atoms in total. The minimum absolute atomic E-state index is 0.0834. The van der Waals surface area contributed by atoms with E-state index in [-0.39, 0.29) is 36.2 Å². The Bertz CT molecular complexity index is 1050. The predicted molar refractivity (Wildman–Crippen MR) is 121 cm³/mol. The molecular weight excluding hydrogens is 406 g/mol. The number of esters is 1. The standard InChI is InChI=1S/C26H29NO5/c1-16(2)12-23(27-24(28)21-6-4-5-7-22(21)25(27)29)26(30)32-15-17-8-9-19-14-20(31-3)11-10-18(19)13-17/h4-5,8-11,13-14,16,21-23H,6-7,12,15H2,1-3H3. The molecule has 0 N–H and O–H groups in total. The number of rotatable bonds is 7. The van der Waals surface area contributed by atoms with Crippen molar-refractivity contribution in [2.75, 3.05) is 7.11 Å². The first-order valence-corrected chi connectivity index (χ1v) is 11.1. The molecule has 2 aromatic rings. The van der Waals surface area contributed by atoms with Crippen LogP contribution in [0.25, 0.3) is 10.8 Å². The van der Waals surface area contributed by atoms with E-state index < -0.39 is 12.0 Å². The minimum Gasteiger partial charge on any atom is -0.497 e. The van der Waals surface area contributed by atoms with E-state index in [1.54, 1.807) is 7.11 Å². The van der Waals surface area contributed by atoms with E-state index in [9.17, 15) is 14.4 Å². The molecule has 2 aliphatic rings. The third kappa shape index (κ3) is 4.27. The van der Waals surface area contributed by atoms with Crippen molar-refractivity contribution in [1.29, 1.82) is 0 Å². The van der Waals surface area contributed by atoms with E-state index in [0.29, 0.717) is 19.3 Å². The van der Waals surface area contributed by atoms with Crippen LogP contribution in [0.3, 0.4) is 0 Å². The molecule has 32 heavy (non-hydrogen) atoms. The zero-order chi connectivity index (χ0) is 22.8. The third-order valence-electron chi connectivity index (χ3n) is 6.31. The number of imide groups is 1. The van der Waals surface area contributed by atoms with Crippen molar-refractivity contribution in [3.8, 4) is 5.75 Å². The van der Waals surface area contributed by atoms with Crippen LogP contribution >= 0.6 is 0 Å². The molecule has 0 radical (unpaired) electrons. The number of methoxy groups -OCH3 is 1. The Kier molecular flexibility index (Phi) is 6.31. The Labute approximate surface area is 188 Å². The maximum absolute atomic E-state index is 13.1. The molecule has 1 saturated heterocycles. The molecule has 0 aromatic heterocycles. The average molecular weight is 436 g/mol. The Balaban J connectivity index is 1.49. The zero-order valence-electron chi connectivity index (χ0n) is 18.7. The fourth-order valence-electron chi connectivity index (χ4n) is 4.63. The molecule has 3 unspecified atom stereocenters. The third-order valence-corrected chi connectivity index (χ3v) is 6.31. The molecule has 0 bridgehead atoms. The van der Waals surface area contributed by atoms with Gasteiger partial charge in [0, 0.05) is 0 Å². The van der Waals surface area contributed by atoms with Crippen molar-refractivity contribution in [1.82, 2.24) is 4.90 Å². The minimum atomic E-state index is -0.884. The van der Waals surface area contributed by atoms with Gasteiger partial charge < -0.3 is 9.47 Å². The Morgan fingerprint density at radius 2 is 1.62 bits per heavy atom. The highest BCUT2D eigenvalue weighted by molar-refractivity contribution is 6.08. The van der Waals surface area contributed by atoms with E-state index in [0.717, 1.165) is 22.1 Å². The zero-order valence-corrected chi connectivity index (χ0v) is 18.7. The van der Waals surface area contributed by atoms with Gasteiger partial charge in [0.15, 0.2) is 0 Å². The van der Waals surface area contributed by atoms with E-state index >= 15 is 0 Å². The number of hydrogen-bond acceptors (Lipinski definition) is 5. The molecule has 2 aromatic carbocycles. The maximum Gasteiger partial charge on any atom is 0.329 e. The van der Waals surface area contributed by atoms with E-state index in [2.05, 4.69) is 0 Å². The largest absolute Gasteiger partial charge is 0.497 e. The Morgan fingerprint density at radius 3 is 2.25 bits per heavy atom. The van der Waals surface area contributed by atoms with Gasteiger partial charge >= 0.3 is 5.97 Å². The van der Waals surface area contributed by atoms with Crippen molar-refractivity contribution in [3.63, 3.8) is 0 Å². The van der Waals surface area contributed by atoms with Crippen LogP contribution < -0.4 is 4.74 Å². The van der Waals surface area contributed by atoms with Crippen LogP contribution in [-0.4, -0.2) is 35.8 Å². The molecule has 1 aliphatic heterocycles. The number of nitrogens with zero attached hydrogens (tertiary/aromatic N) is 1. The van der Waals surface area contributed by atoms with Gasteiger partial charge in [-0.3, -0.25) is 14.5 Å². The van der Waals surface area contributed by atoms with Crippen LogP contribution in [0, 0.1) is 17.8 Å². The summed E-state index contributed by atoms with van der Waals surface area (Å²) < 4.78 is 10.9. The van der Waals surface area contributed by atoms with Crippen LogP contribution in [-0.2, 0) is 25.7 Å². The molecule has 1 heterocycles. The number of hydrogen-bond donors (Lipinski definition) is 0. The number of allylic oxidation sites excluding steroid dienone is 2. The number of likely N-dealkylation sites (tertiary alicyclic amines) is 1. The van der Waals surface area contributed by atoms with Crippen LogP contribution in [0.5, 0.6) is 5.75 Å². The molecule has 0 saturated carbocycles. The molecule has 2 amide bonds. The van der Waals surface area contributed by atoms with Crippen molar-refractivity contribution in [3.05, 3.63) is 54.1 Å². The summed E-state index contributed by atoms with van der Waals surface area (Å²) in [4.78, 5) is 40.3. The highest BCUT2D eigenvalue weighted by Crippen LogP contribution is 2.37. The molecule has 168 valence electrons. The second kappa shape index (κ2) is 9.15. The summed E-state index contributed by atoms with van der Waals surface area (Å²) in [6.45, 7) is 4.02. The number of benzene rings is 2. The summed E-state index contributed by atoms with van der Waals surface area (Å²) in [5.41, 5.74) is 0.844. The number of carbonyl (C=O) groups excluding carboxylic acids is 3. The van der Waals surface area contributed by atoms with Crippen LogP contribution in [0.4, 0.5) is 0 Å². The highest BCUT2D eigenvalue weighted by Gasteiger charge is 2.51. The second-order valence-corrected chi connectivity index (χ2v) is 9.00. The molecule has 0 spiro atoms. The van der Waals surface area contributed by atoms with Crippen LogP contribution in [0.2, 0.25) is 0 Å². The van der Waals surface area contributed by atoms with Gasteiger partial charge in [0.1, 0.15) is 18.4 Å². The lowest BCUT2D eigenvalue weighted by atomic mass is 9.85. The Hall–Kier alpha value is -3.15. The van der Waals surface area contributed by atoms with Crippen molar-refractivity contribution in [2.45, 2.75) is 45.8 Å². The summed E-state index contributed by atoms with van der Waals surface area (Å²) in [6.07, 6.45) is 5.39. The summed E-state index contributed by atoms with van der Waals surface area (Å²) in [5.74, 6) is -0.812. The summed E-state index contributed by atoms with van der Waals surface area (Å²) in [6, 6.07) is 10.7. The van der Waals surface area contributed by atoms with Gasteiger partial charge in [0.25, 0.3) is 0 Å². The first-order chi connectivity index (χ1) is 15.4. The topological polar surface area (TPSA) is 72.9 Å². The highest BCUT2D eigenvalue weighted by atomic mass is 16.5. The molecule has 4 rings (SSSR count). The van der Waals surface area contributed by atoms with Crippen LogP contribution in [0.1, 0.15) is 38.7 Å². The lowest BCUT2D eigenvalue weighted by molar-refractivity contribution is -0.160. The van der Waals surface area contributed by atoms with Gasteiger partial charge in [-0.2, -0.15) is 0 Å². The smallest absolute Gasteiger partial charge is 0.329 e. The monoisotopic (exact) mass is 435 g/mol. The number of amides is 2. The predicted octanol–water partition coefficient (Wildman–Crippen LogP) is 4.26. The maximum atomic E-state index is 13.1. The van der Waals surface area contributed by atoms with Gasteiger partial charge in [-0.05, 0) is 59.7 Å². The first kappa shape index (κ1) is 22.1. The SMILES string of the molecule is COc1ccc2cc(COC(=O)C(CC(C)C)N3C(=O)C4CC=CCC4C3=O)ccc2c1. The van der Waals surface area contributed by atoms with Crippen molar-refractivity contribution in [2.24, 2.45) is 17.8 Å². The van der Waals surface area contributed by atoms with Crippen molar-refractivity contribution < 1.29 is 23.9 Å². The normalized spacial score (nSPS) is 21.2. The van der Waals surface area contributed by atoms with E-state index in [1.807, 2.05) is 62.4 Å². The number of fused-ring (bicyclic) bond motifs is 2.